The largest absolute Gasteiger partial charge is 0.462 e. The third-order valence-corrected chi connectivity index (χ3v) is 10.1. The van der Waals surface area contributed by atoms with Crippen LogP contribution in [0.4, 0.5) is 0 Å². The van der Waals surface area contributed by atoms with Gasteiger partial charge in [-0.2, -0.15) is 0 Å². The summed E-state index contributed by atoms with van der Waals surface area (Å²) in [5.74, 6) is -1.06. The van der Waals surface area contributed by atoms with Gasteiger partial charge >= 0.3 is 17.9 Å². The molecule has 0 saturated heterocycles. The summed E-state index contributed by atoms with van der Waals surface area (Å²) in [6, 6.07) is 0. The van der Waals surface area contributed by atoms with Crippen molar-refractivity contribution in [3.8, 4) is 0 Å². The van der Waals surface area contributed by atoms with E-state index in [-0.39, 0.29) is 31.6 Å². The molecule has 0 aromatic carbocycles. The lowest BCUT2D eigenvalue weighted by molar-refractivity contribution is -0.166. The lowest BCUT2D eigenvalue weighted by Gasteiger charge is -2.18. The lowest BCUT2D eigenvalue weighted by atomic mass is 10.1. The summed E-state index contributed by atoms with van der Waals surface area (Å²) in [4.78, 5) is 37.9. The molecule has 0 aromatic rings. The SMILES string of the molecule is CC/C=C\C/C=C\C/C=C\C/C=C\C/C=C\C/C=C\CCC(=O)O[C@H](COC(=O)CCCCCC/C=C\C/C=C\C/C=C\C/C=C\CC)COC(=O)CCCCCCC/C=C\CCCC. The van der Waals surface area contributed by atoms with E-state index in [0.29, 0.717) is 19.3 Å². The van der Waals surface area contributed by atoms with Gasteiger partial charge in [-0.15, -0.1) is 0 Å². The highest BCUT2D eigenvalue weighted by atomic mass is 16.6. The highest BCUT2D eigenvalue weighted by Crippen LogP contribution is 2.11. The molecule has 1 atom stereocenters. The van der Waals surface area contributed by atoms with Crippen molar-refractivity contribution < 1.29 is 28.6 Å². The Bertz CT molecular complexity index is 1450. The second-order valence-electron chi connectivity index (χ2n) is 16.3. The number of allylic oxidation sites excluding steroid dienone is 22. The van der Waals surface area contributed by atoms with E-state index in [9.17, 15) is 14.4 Å². The first-order valence-corrected chi connectivity index (χ1v) is 25.7. The summed E-state index contributed by atoms with van der Waals surface area (Å²) < 4.78 is 16.7. The molecule has 0 fully saturated rings. The minimum absolute atomic E-state index is 0.126. The van der Waals surface area contributed by atoms with Crippen LogP contribution in [0, 0.1) is 0 Å². The fourth-order valence-electron chi connectivity index (χ4n) is 6.32. The molecule has 0 heterocycles. The van der Waals surface area contributed by atoms with E-state index < -0.39 is 12.1 Å². The van der Waals surface area contributed by atoms with E-state index in [4.69, 9.17) is 14.2 Å². The van der Waals surface area contributed by atoms with Crippen LogP contribution < -0.4 is 0 Å². The van der Waals surface area contributed by atoms with Gasteiger partial charge in [0, 0.05) is 19.3 Å². The molecular formula is C59H92O6. The molecule has 0 aromatic heterocycles. The third kappa shape index (κ3) is 50.4. The maximum Gasteiger partial charge on any atom is 0.306 e. The highest BCUT2D eigenvalue weighted by molar-refractivity contribution is 5.71. The molecule has 0 bridgehead atoms. The summed E-state index contributed by atoms with van der Waals surface area (Å²) >= 11 is 0. The standard InChI is InChI=1S/C59H92O6/c1-4-7-10-13-16-19-22-24-26-28-29-31-33-35-38-41-44-47-50-53-59(62)65-56(54-63-57(60)51-48-45-42-39-36-21-18-15-12-9-6-3)55-64-58(61)52-49-46-43-40-37-34-32-30-27-25-23-20-17-14-11-8-5-2/h7-8,10-11,15-20,24-27,29,31-32,34-35,38,44,47,56H,4-6,9,12-14,21-23,28,30,33,36-37,39-43,45-46,48-55H2,1-3H3/b10-7-,11-8-,18-15-,19-16-,20-17-,26-24-,27-25-,31-29-,34-32-,38-35-,47-44-/t56-/m0/s1. The number of esters is 3. The van der Waals surface area contributed by atoms with E-state index in [1.54, 1.807) is 0 Å². The number of carbonyl (C=O) groups excluding carboxylic acids is 3. The second kappa shape index (κ2) is 52.2. The van der Waals surface area contributed by atoms with Gasteiger partial charge < -0.3 is 14.2 Å². The first kappa shape index (κ1) is 60.6. The van der Waals surface area contributed by atoms with Crippen LogP contribution in [0.15, 0.2) is 134 Å². The maximum atomic E-state index is 12.8. The van der Waals surface area contributed by atoms with E-state index >= 15 is 0 Å². The van der Waals surface area contributed by atoms with Crippen molar-refractivity contribution in [2.24, 2.45) is 0 Å². The molecular weight excluding hydrogens is 805 g/mol. The van der Waals surface area contributed by atoms with Crippen molar-refractivity contribution >= 4 is 17.9 Å². The van der Waals surface area contributed by atoms with E-state index in [1.807, 2.05) is 12.2 Å². The molecule has 0 aliphatic heterocycles. The number of rotatable bonds is 44. The fraction of sp³-hybridized carbons (Fsp3) is 0.576. The summed E-state index contributed by atoms with van der Waals surface area (Å²) in [7, 11) is 0. The molecule has 0 spiro atoms. The fourth-order valence-corrected chi connectivity index (χ4v) is 6.32. The average molecular weight is 897 g/mol. The van der Waals surface area contributed by atoms with Crippen molar-refractivity contribution in [2.45, 2.75) is 207 Å². The van der Waals surface area contributed by atoms with Gasteiger partial charge in [0.05, 0.1) is 0 Å². The minimum Gasteiger partial charge on any atom is -0.462 e. The van der Waals surface area contributed by atoms with Crippen LogP contribution in [0.2, 0.25) is 0 Å². The molecule has 0 rings (SSSR count). The Morgan fingerprint density at radius 3 is 1.02 bits per heavy atom. The van der Waals surface area contributed by atoms with Crippen molar-refractivity contribution in [1.82, 2.24) is 0 Å². The van der Waals surface area contributed by atoms with Gasteiger partial charge in [0.15, 0.2) is 6.10 Å². The van der Waals surface area contributed by atoms with Crippen LogP contribution in [0.5, 0.6) is 0 Å². The molecule has 0 N–H and O–H groups in total. The Balaban J connectivity index is 4.57. The maximum absolute atomic E-state index is 12.8. The molecule has 0 aliphatic rings. The van der Waals surface area contributed by atoms with Crippen molar-refractivity contribution in [3.05, 3.63) is 134 Å². The molecule has 6 heteroatoms. The third-order valence-electron chi connectivity index (χ3n) is 10.1. The highest BCUT2D eigenvalue weighted by Gasteiger charge is 2.19. The summed E-state index contributed by atoms with van der Waals surface area (Å²) in [6.45, 7) is 6.25. The average Bonchev–Trinajstić information content (AvgIpc) is 3.30. The van der Waals surface area contributed by atoms with Gasteiger partial charge in [-0.3, -0.25) is 14.4 Å². The van der Waals surface area contributed by atoms with Crippen molar-refractivity contribution in [1.29, 1.82) is 0 Å². The lowest BCUT2D eigenvalue weighted by Crippen LogP contribution is -2.30. The van der Waals surface area contributed by atoms with Crippen LogP contribution in [-0.4, -0.2) is 37.2 Å². The minimum atomic E-state index is -0.836. The van der Waals surface area contributed by atoms with Crippen molar-refractivity contribution in [3.63, 3.8) is 0 Å². The molecule has 0 saturated carbocycles. The summed E-state index contributed by atoms with van der Waals surface area (Å²) in [5, 5.41) is 0. The zero-order valence-corrected chi connectivity index (χ0v) is 41.4. The first-order chi connectivity index (χ1) is 32.0. The monoisotopic (exact) mass is 897 g/mol. The van der Waals surface area contributed by atoms with Crippen molar-refractivity contribution in [2.75, 3.05) is 13.2 Å². The smallest absolute Gasteiger partial charge is 0.306 e. The van der Waals surface area contributed by atoms with E-state index in [0.717, 1.165) is 128 Å². The number of hydrogen-bond acceptors (Lipinski definition) is 6. The molecule has 65 heavy (non-hydrogen) atoms. The quantitative estimate of drug-likeness (QED) is 0.0262. The van der Waals surface area contributed by atoms with Gasteiger partial charge in [-0.05, 0) is 116 Å². The molecule has 0 unspecified atom stereocenters. The predicted molar refractivity (Wildman–Crippen MR) is 279 cm³/mol. The Morgan fingerprint density at radius 2 is 0.631 bits per heavy atom. The Hall–Kier alpha value is -4.45. The van der Waals surface area contributed by atoms with Gasteiger partial charge in [0.2, 0.25) is 0 Å². The summed E-state index contributed by atoms with van der Waals surface area (Å²) in [6.07, 6.45) is 73.0. The number of ether oxygens (including phenoxy) is 3. The van der Waals surface area contributed by atoms with E-state index in [1.165, 1.54) is 25.7 Å². The molecule has 0 amide bonds. The van der Waals surface area contributed by atoms with Gasteiger partial charge in [0.1, 0.15) is 13.2 Å². The van der Waals surface area contributed by atoms with Crippen LogP contribution in [0.3, 0.4) is 0 Å². The first-order valence-electron chi connectivity index (χ1n) is 25.7. The normalized spacial score (nSPS) is 13.2. The Labute approximate surface area is 398 Å². The van der Waals surface area contributed by atoms with Crippen LogP contribution >= 0.6 is 0 Å². The zero-order valence-electron chi connectivity index (χ0n) is 41.4. The van der Waals surface area contributed by atoms with Crippen LogP contribution in [-0.2, 0) is 28.6 Å². The van der Waals surface area contributed by atoms with Gasteiger partial charge in [-0.1, -0.05) is 199 Å². The van der Waals surface area contributed by atoms with Gasteiger partial charge in [0.25, 0.3) is 0 Å². The topological polar surface area (TPSA) is 78.9 Å². The molecule has 364 valence electrons. The Kier molecular flexibility index (Phi) is 48.6. The number of hydrogen-bond donors (Lipinski definition) is 0. The molecule has 6 nitrogen and oxygen atoms in total. The van der Waals surface area contributed by atoms with Crippen LogP contribution in [0.1, 0.15) is 201 Å². The number of unbranched alkanes of at least 4 members (excludes halogenated alkanes) is 11. The van der Waals surface area contributed by atoms with Crippen LogP contribution in [0.25, 0.3) is 0 Å². The van der Waals surface area contributed by atoms with Gasteiger partial charge in [-0.25, -0.2) is 0 Å². The summed E-state index contributed by atoms with van der Waals surface area (Å²) in [5.41, 5.74) is 0. The molecule has 0 radical (unpaired) electrons. The number of carbonyl (C=O) groups is 3. The molecule has 0 aliphatic carbocycles. The second-order valence-corrected chi connectivity index (χ2v) is 16.3. The predicted octanol–water partition coefficient (Wildman–Crippen LogP) is 17.1. The Morgan fingerprint density at radius 1 is 0.323 bits per heavy atom. The zero-order chi connectivity index (χ0) is 47.2. The van der Waals surface area contributed by atoms with E-state index in [2.05, 4.69) is 142 Å².